The zero-order valence-corrected chi connectivity index (χ0v) is 16.4. The minimum absolute atomic E-state index is 0.0893. The summed E-state index contributed by atoms with van der Waals surface area (Å²) in [5.41, 5.74) is 4.65. The summed E-state index contributed by atoms with van der Waals surface area (Å²) in [5.74, 6) is -0.429. The van der Waals surface area contributed by atoms with Crippen LogP contribution in [-0.2, 0) is 17.8 Å². The highest BCUT2D eigenvalue weighted by Gasteiger charge is 2.22. The summed E-state index contributed by atoms with van der Waals surface area (Å²) in [6.07, 6.45) is 0.373. The van der Waals surface area contributed by atoms with Crippen LogP contribution in [0.15, 0.2) is 47.3 Å². The van der Waals surface area contributed by atoms with Crippen molar-refractivity contribution in [3.8, 4) is 16.9 Å². The van der Waals surface area contributed by atoms with Crippen LogP contribution in [0.2, 0.25) is 0 Å². The molecule has 150 valence electrons. The quantitative estimate of drug-likeness (QED) is 0.558. The molecular weight excluding hydrogens is 385 g/mol. The molecule has 0 fully saturated rings. The molecule has 3 heterocycles. The second-order valence-electron chi connectivity index (χ2n) is 7.54. The van der Waals surface area contributed by atoms with Crippen LogP contribution in [-0.4, -0.2) is 37.8 Å². The number of halogens is 1. The van der Waals surface area contributed by atoms with Crippen LogP contribution < -0.4 is 5.56 Å². The van der Waals surface area contributed by atoms with Gasteiger partial charge in [-0.2, -0.15) is 14.9 Å². The molecule has 0 spiro atoms. The van der Waals surface area contributed by atoms with Crippen molar-refractivity contribution in [3.63, 3.8) is 0 Å². The number of aryl methyl sites for hydroxylation is 1. The molecule has 30 heavy (non-hydrogen) atoms. The molecule has 1 amide bonds. The van der Waals surface area contributed by atoms with E-state index in [2.05, 4.69) is 15.3 Å². The van der Waals surface area contributed by atoms with Crippen molar-refractivity contribution in [3.05, 3.63) is 75.3 Å². The molecule has 2 aromatic carbocycles. The van der Waals surface area contributed by atoms with Crippen molar-refractivity contribution >= 4 is 16.9 Å². The molecule has 1 N–H and O–H groups in total. The molecule has 0 saturated carbocycles. The number of hydrogen-bond acceptors (Lipinski definition) is 4. The highest BCUT2D eigenvalue weighted by molar-refractivity contribution is 5.89. The van der Waals surface area contributed by atoms with Gasteiger partial charge in [0.15, 0.2) is 0 Å². The lowest BCUT2D eigenvalue weighted by atomic mass is 9.96. The van der Waals surface area contributed by atoms with E-state index in [1.165, 1.54) is 12.1 Å². The van der Waals surface area contributed by atoms with E-state index >= 15 is 0 Å². The highest BCUT2D eigenvalue weighted by atomic mass is 19.1. The fourth-order valence-corrected chi connectivity index (χ4v) is 3.87. The first-order chi connectivity index (χ1) is 14.4. The monoisotopic (exact) mass is 403 g/mol. The number of amides is 1. The molecule has 7 nitrogen and oxygen atoms in total. The van der Waals surface area contributed by atoms with Gasteiger partial charge in [-0.05, 0) is 35.7 Å². The third kappa shape index (κ3) is 2.80. The highest BCUT2D eigenvalue weighted by Crippen LogP contribution is 2.29. The minimum atomic E-state index is -0.518. The lowest BCUT2D eigenvalue weighted by Crippen LogP contribution is -2.32. The Hall–Kier alpha value is -3.81. The lowest BCUT2D eigenvalue weighted by molar-refractivity contribution is -0.130. The molecule has 0 saturated heterocycles. The van der Waals surface area contributed by atoms with Crippen LogP contribution in [0.25, 0.3) is 28.0 Å². The molecule has 0 unspecified atom stereocenters. The first kappa shape index (κ1) is 18.2. The largest absolute Gasteiger partial charge is 0.341 e. The maximum Gasteiger partial charge on any atom is 0.273 e. The van der Waals surface area contributed by atoms with Crippen molar-refractivity contribution in [2.75, 3.05) is 7.05 Å². The van der Waals surface area contributed by atoms with Crippen LogP contribution >= 0.6 is 0 Å². The summed E-state index contributed by atoms with van der Waals surface area (Å²) in [5, 5.41) is 11.7. The van der Waals surface area contributed by atoms with Crippen LogP contribution in [0.5, 0.6) is 0 Å². The predicted molar refractivity (Wildman–Crippen MR) is 110 cm³/mol. The average Bonchev–Trinajstić information content (AvgIpc) is 3.11. The number of carbonyl (C=O) groups excluding carboxylic acids is 1. The van der Waals surface area contributed by atoms with E-state index in [0.29, 0.717) is 35.3 Å². The summed E-state index contributed by atoms with van der Waals surface area (Å²) in [4.78, 5) is 26.2. The Bertz CT molecular complexity index is 1370. The second kappa shape index (κ2) is 6.62. The van der Waals surface area contributed by atoms with Crippen molar-refractivity contribution in [2.24, 2.45) is 0 Å². The Morgan fingerprint density at radius 1 is 1.10 bits per heavy atom. The second-order valence-corrected chi connectivity index (χ2v) is 7.54. The van der Waals surface area contributed by atoms with Gasteiger partial charge in [0.05, 0.1) is 11.9 Å². The zero-order chi connectivity index (χ0) is 21.0. The van der Waals surface area contributed by atoms with Crippen molar-refractivity contribution in [2.45, 2.75) is 19.9 Å². The van der Waals surface area contributed by atoms with Gasteiger partial charge < -0.3 is 4.90 Å². The Kier molecular flexibility index (Phi) is 4.02. The Morgan fingerprint density at radius 2 is 1.93 bits per heavy atom. The first-order valence-corrected chi connectivity index (χ1v) is 9.52. The third-order valence-electron chi connectivity index (χ3n) is 5.50. The van der Waals surface area contributed by atoms with Gasteiger partial charge in [0, 0.05) is 25.2 Å². The van der Waals surface area contributed by atoms with E-state index in [4.69, 9.17) is 0 Å². The SMILES string of the molecule is Cc1cccc(F)c1-n1nc2c(-c3ccc4c(c3)CN(C)C(=O)C4)n[nH]c2cc1=O. The number of likely N-dealkylation sites (N-methyl/N-ethyl adjacent to an activating group) is 1. The summed E-state index contributed by atoms with van der Waals surface area (Å²) in [7, 11) is 1.78. The van der Waals surface area contributed by atoms with Crippen LogP contribution in [0.3, 0.4) is 0 Å². The number of nitrogens with zero attached hydrogens (tertiary/aromatic N) is 4. The first-order valence-electron chi connectivity index (χ1n) is 9.52. The predicted octanol–water partition coefficient (Wildman–Crippen LogP) is 2.74. The summed E-state index contributed by atoms with van der Waals surface area (Å²) in [6.45, 7) is 2.26. The topological polar surface area (TPSA) is 83.9 Å². The van der Waals surface area contributed by atoms with Crippen LogP contribution in [0.1, 0.15) is 16.7 Å². The van der Waals surface area contributed by atoms with Crippen LogP contribution in [0, 0.1) is 12.7 Å². The van der Waals surface area contributed by atoms with Crippen molar-refractivity contribution in [1.29, 1.82) is 0 Å². The van der Waals surface area contributed by atoms with Gasteiger partial charge in [-0.3, -0.25) is 14.7 Å². The number of fused-ring (bicyclic) bond motifs is 2. The van der Waals surface area contributed by atoms with Gasteiger partial charge in [0.2, 0.25) is 5.91 Å². The standard InChI is InChI=1S/C22H18FN5O2/c1-12-4-3-5-16(23)22(12)28-19(30)10-17-21(26-28)20(25-24-17)14-7-6-13-9-18(29)27(2)11-15(13)8-14/h3-8,10,24H,9,11H2,1-2H3. The smallest absolute Gasteiger partial charge is 0.273 e. The van der Waals surface area contributed by atoms with Gasteiger partial charge in [-0.25, -0.2) is 4.39 Å². The van der Waals surface area contributed by atoms with E-state index in [0.717, 1.165) is 21.4 Å². The van der Waals surface area contributed by atoms with Gasteiger partial charge in [0.1, 0.15) is 22.7 Å². The average molecular weight is 403 g/mol. The number of aromatic amines is 1. The maximum atomic E-state index is 14.5. The summed E-state index contributed by atoms with van der Waals surface area (Å²) < 4.78 is 15.5. The van der Waals surface area contributed by atoms with Gasteiger partial charge >= 0.3 is 0 Å². The van der Waals surface area contributed by atoms with E-state index < -0.39 is 11.4 Å². The molecule has 4 aromatic rings. The van der Waals surface area contributed by atoms with Crippen LogP contribution in [0.4, 0.5) is 4.39 Å². The number of aromatic nitrogens is 4. The number of para-hydroxylation sites is 1. The lowest BCUT2D eigenvalue weighted by Gasteiger charge is -2.25. The Labute approximate surface area is 170 Å². The summed E-state index contributed by atoms with van der Waals surface area (Å²) >= 11 is 0. The molecule has 0 aliphatic carbocycles. The third-order valence-corrected chi connectivity index (χ3v) is 5.50. The molecule has 2 aromatic heterocycles. The van der Waals surface area contributed by atoms with Gasteiger partial charge in [-0.15, -0.1) is 0 Å². The molecule has 1 aliphatic rings. The number of H-pyrrole nitrogens is 1. The molecule has 8 heteroatoms. The summed E-state index contributed by atoms with van der Waals surface area (Å²) in [6, 6.07) is 11.8. The fraction of sp³-hybridized carbons (Fsp3) is 0.182. The number of carbonyl (C=O) groups is 1. The fourth-order valence-electron chi connectivity index (χ4n) is 3.87. The van der Waals surface area contributed by atoms with E-state index in [9.17, 15) is 14.0 Å². The number of benzene rings is 2. The van der Waals surface area contributed by atoms with E-state index in [-0.39, 0.29) is 11.6 Å². The van der Waals surface area contributed by atoms with Crippen molar-refractivity contribution in [1.82, 2.24) is 24.9 Å². The number of nitrogens with one attached hydrogen (secondary N) is 1. The Balaban J connectivity index is 1.68. The molecule has 0 radical (unpaired) electrons. The normalized spacial score (nSPS) is 13.7. The maximum absolute atomic E-state index is 14.5. The van der Waals surface area contributed by atoms with E-state index in [1.54, 1.807) is 31.0 Å². The zero-order valence-electron chi connectivity index (χ0n) is 16.4. The Morgan fingerprint density at radius 3 is 2.73 bits per heavy atom. The molecule has 0 atom stereocenters. The van der Waals surface area contributed by atoms with E-state index in [1.807, 2.05) is 18.2 Å². The molecule has 1 aliphatic heterocycles. The van der Waals surface area contributed by atoms with Crippen molar-refractivity contribution < 1.29 is 9.18 Å². The molecular formula is C22H18FN5O2. The minimum Gasteiger partial charge on any atom is -0.341 e. The molecule has 0 bridgehead atoms. The number of hydrogen-bond donors (Lipinski definition) is 1. The number of rotatable bonds is 2. The van der Waals surface area contributed by atoms with Gasteiger partial charge in [-0.1, -0.05) is 24.3 Å². The molecule has 5 rings (SSSR count). The van der Waals surface area contributed by atoms with Gasteiger partial charge in [0.25, 0.3) is 5.56 Å².